The molecule has 0 aromatic carbocycles. The van der Waals surface area contributed by atoms with Gasteiger partial charge in [0.25, 0.3) is 0 Å². The molecule has 0 amide bonds. The summed E-state index contributed by atoms with van der Waals surface area (Å²) in [5.74, 6) is 0. The minimum absolute atomic E-state index is 0. The first-order chi connectivity index (χ1) is 39.2. The van der Waals surface area contributed by atoms with E-state index in [1.165, 1.54) is 295 Å². The van der Waals surface area contributed by atoms with Gasteiger partial charge in [-0.2, -0.15) is 0 Å². The van der Waals surface area contributed by atoms with E-state index in [9.17, 15) is 18.9 Å². The van der Waals surface area contributed by atoms with Crippen molar-refractivity contribution in [3.05, 3.63) is 48.6 Å². The van der Waals surface area contributed by atoms with Gasteiger partial charge in [0.2, 0.25) is 0 Å². The molecule has 0 radical (unpaired) electrons. The Hall–Kier alpha value is -0.221. The maximum Gasteiger partial charge on any atom is 2.00 e. The summed E-state index contributed by atoms with van der Waals surface area (Å²) in [6, 6.07) is 0. The van der Waals surface area contributed by atoms with Crippen LogP contribution in [-0.2, 0) is 35.2 Å². The van der Waals surface area contributed by atoms with Gasteiger partial charge in [-0.1, -0.05) is 307 Å². The third kappa shape index (κ3) is 79.8. The smallest absolute Gasteiger partial charge is 0.778 e. The van der Waals surface area contributed by atoms with E-state index in [1.54, 1.807) is 0 Å². The summed E-state index contributed by atoms with van der Waals surface area (Å²) in [6.45, 7) is 9.82. The van der Waals surface area contributed by atoms with Gasteiger partial charge in [-0.15, -0.1) is 0 Å². The third-order valence-corrected chi connectivity index (χ3v) is 18.7. The molecule has 2 unspecified atom stereocenters. The van der Waals surface area contributed by atoms with Crippen LogP contribution >= 0.6 is 15.2 Å². The summed E-state index contributed by atoms with van der Waals surface area (Å²) >= 11 is 0. The molecule has 0 saturated carbocycles. The Labute approximate surface area is 518 Å². The van der Waals surface area contributed by atoms with Crippen molar-refractivity contribution in [3.63, 3.8) is 0 Å². The summed E-state index contributed by atoms with van der Waals surface area (Å²) < 4.78 is 34.8. The largest absolute Gasteiger partial charge is 2.00 e. The van der Waals surface area contributed by atoms with E-state index in [4.69, 9.17) is 9.05 Å². The molecule has 2 atom stereocenters. The van der Waals surface area contributed by atoms with Gasteiger partial charge in [0, 0.05) is 12.3 Å². The van der Waals surface area contributed by atoms with Crippen LogP contribution in [0.2, 0.25) is 0 Å². The molecule has 0 fully saturated rings. The molecule has 0 aliphatic rings. The number of allylic oxidation sites excluding steroid dienone is 8. The van der Waals surface area contributed by atoms with Gasteiger partial charge in [-0.05, 0) is 128 Å². The van der Waals surface area contributed by atoms with Crippen LogP contribution < -0.4 is 9.79 Å². The average molecular weight is 1220 g/mol. The molecule has 0 rings (SSSR count). The van der Waals surface area contributed by atoms with Crippen LogP contribution in [0.3, 0.4) is 0 Å². The molecule has 0 aromatic rings. The maximum atomic E-state index is 12.1. The first kappa shape index (κ1) is 85.0. The zero-order valence-electron chi connectivity index (χ0n) is 54.7. The van der Waals surface area contributed by atoms with Gasteiger partial charge in [0.1, 0.15) is 15.2 Å². The van der Waals surface area contributed by atoms with Gasteiger partial charge in [0.05, 0.1) is 13.2 Å². The molecule has 0 saturated heterocycles. The number of unbranched alkanes of at least 4 members (excludes halogenated alkanes) is 48. The summed E-state index contributed by atoms with van der Waals surface area (Å²) in [4.78, 5) is 24.3. The summed E-state index contributed by atoms with van der Waals surface area (Å²) in [6.07, 6.45) is 89.0. The molecule has 0 N–H and O–H groups in total. The van der Waals surface area contributed by atoms with Crippen LogP contribution in [0.25, 0.3) is 0 Å². The van der Waals surface area contributed by atoms with Crippen LogP contribution in [-0.4, -0.2) is 25.5 Å². The Bertz CT molecular complexity index is 1280. The van der Waals surface area contributed by atoms with Crippen molar-refractivity contribution in [2.24, 2.45) is 0 Å². The Kier molecular flexibility index (Phi) is 77.7. The predicted molar refractivity (Wildman–Crippen MR) is 355 cm³/mol. The van der Waals surface area contributed by atoms with E-state index in [1.807, 2.05) is 0 Å². The Morgan fingerprint density at radius 2 is 0.383 bits per heavy atom. The van der Waals surface area contributed by atoms with Crippen LogP contribution in [0.4, 0.5) is 0 Å². The molecule has 9 heteroatoms. The van der Waals surface area contributed by atoms with E-state index < -0.39 is 15.2 Å². The van der Waals surface area contributed by atoms with Crippen molar-refractivity contribution in [3.8, 4) is 0 Å². The maximum absolute atomic E-state index is 12.1. The summed E-state index contributed by atoms with van der Waals surface area (Å²) in [5, 5.41) is 0. The third-order valence-electron chi connectivity index (χ3n) is 15.8. The van der Waals surface area contributed by atoms with E-state index in [2.05, 4.69) is 76.3 Å². The number of hydrogen-bond acceptors (Lipinski definition) is 6. The average Bonchev–Trinajstić information content (AvgIpc) is 3.44. The molecule has 0 spiro atoms. The van der Waals surface area contributed by atoms with Gasteiger partial charge >= 0.3 is 17.1 Å². The Morgan fingerprint density at radius 3 is 0.568 bits per heavy atom. The molecule has 6 nitrogen and oxygen atoms in total. The fourth-order valence-electron chi connectivity index (χ4n) is 10.3. The topological polar surface area (TPSA) is 98.7 Å². The zero-order valence-corrected chi connectivity index (χ0v) is 57.6. The van der Waals surface area contributed by atoms with Gasteiger partial charge < -0.3 is 28.0 Å². The molecule has 482 valence electrons. The van der Waals surface area contributed by atoms with E-state index in [0.29, 0.717) is 13.2 Å². The molecular weight excluding hydrogens is 1080 g/mol. The van der Waals surface area contributed by atoms with Crippen LogP contribution in [0.5, 0.6) is 0 Å². The van der Waals surface area contributed by atoms with Gasteiger partial charge in [0.15, 0.2) is 0 Å². The zero-order chi connectivity index (χ0) is 58.5. The van der Waals surface area contributed by atoms with E-state index in [0.717, 1.165) is 64.2 Å². The minimum Gasteiger partial charge on any atom is -0.778 e. The first-order valence-corrected chi connectivity index (χ1v) is 39.2. The van der Waals surface area contributed by atoms with Crippen LogP contribution in [0.1, 0.15) is 387 Å². The SMILES string of the molecule is CCCCCCCCC=CCCCCCCCCOP(=O)([O-])CCCCCCCCC=CCCCCCCCC.CCCCCCCCC=CCCCCCCCCOP(=O)([O-])CCCCCCCCC=CCCCCCCCC.[Fe+2]. The molecular formula is C72H140FeO6P2. The van der Waals surface area contributed by atoms with Crippen molar-refractivity contribution in [2.75, 3.05) is 25.5 Å². The molecule has 0 aliphatic heterocycles. The summed E-state index contributed by atoms with van der Waals surface area (Å²) in [5.41, 5.74) is 0. The quantitative estimate of drug-likeness (QED) is 0.0260. The van der Waals surface area contributed by atoms with Crippen molar-refractivity contribution in [1.29, 1.82) is 0 Å². The normalized spacial score (nSPS) is 13.4. The van der Waals surface area contributed by atoms with Crippen molar-refractivity contribution >= 4 is 15.2 Å². The molecule has 81 heavy (non-hydrogen) atoms. The minimum atomic E-state index is -3.64. The van der Waals surface area contributed by atoms with Crippen molar-refractivity contribution < 1.29 is 45.0 Å². The van der Waals surface area contributed by atoms with Crippen molar-refractivity contribution in [2.45, 2.75) is 387 Å². The second-order valence-corrected chi connectivity index (χ2v) is 27.9. The van der Waals surface area contributed by atoms with E-state index >= 15 is 0 Å². The molecule has 0 aromatic heterocycles. The van der Waals surface area contributed by atoms with Crippen molar-refractivity contribution in [1.82, 2.24) is 0 Å². The fraction of sp³-hybridized carbons (Fsp3) is 0.889. The second-order valence-electron chi connectivity index (χ2n) is 24.1. The monoisotopic (exact) mass is 1220 g/mol. The van der Waals surface area contributed by atoms with Crippen LogP contribution in [0.15, 0.2) is 48.6 Å². The molecule has 0 bridgehead atoms. The standard InChI is InChI=1S/2C36H71O3P.Fe/c2*1-3-5-7-9-11-13-15-17-19-21-23-25-27-29-31-33-35-39-40(37,38)36-34-32-30-28-26-24-22-20-18-16-14-12-10-8-6-4-2;/h2*17-20H,3-16,21-36H2,1-2H3,(H,37,38);/q;;+2/p-2. The van der Waals surface area contributed by atoms with Gasteiger partial charge in [-0.25, -0.2) is 0 Å². The number of hydrogen-bond donors (Lipinski definition) is 0. The number of rotatable bonds is 66. The fourth-order valence-corrected chi connectivity index (χ4v) is 12.6. The molecule has 0 aliphatic carbocycles. The van der Waals surface area contributed by atoms with Crippen LogP contribution in [0, 0.1) is 0 Å². The first-order valence-electron chi connectivity index (χ1n) is 35.7. The summed E-state index contributed by atoms with van der Waals surface area (Å²) in [7, 11) is -7.27. The second kappa shape index (κ2) is 74.0. The van der Waals surface area contributed by atoms with Gasteiger partial charge in [-0.3, -0.25) is 0 Å². The van der Waals surface area contributed by atoms with E-state index in [-0.39, 0.29) is 29.4 Å². The Balaban J connectivity index is -0.00000148. The molecule has 0 heterocycles. The Morgan fingerprint density at radius 1 is 0.235 bits per heavy atom. The predicted octanol–water partition coefficient (Wildman–Crippen LogP) is 25.3.